The zero-order valence-corrected chi connectivity index (χ0v) is 12.3. The number of hydrogen-bond acceptors (Lipinski definition) is 2. The van der Waals surface area contributed by atoms with Crippen molar-refractivity contribution in [2.45, 2.75) is 38.1 Å². The van der Waals surface area contributed by atoms with Gasteiger partial charge in [-0.05, 0) is 37.8 Å². The Kier molecular flexibility index (Phi) is 3.95. The molecule has 3 heteroatoms. The summed E-state index contributed by atoms with van der Waals surface area (Å²) in [7, 11) is 2.00. The van der Waals surface area contributed by atoms with Crippen LogP contribution in [0.15, 0.2) is 30.3 Å². The van der Waals surface area contributed by atoms with Gasteiger partial charge in [-0.3, -0.25) is 4.79 Å². The van der Waals surface area contributed by atoms with Crippen LogP contribution in [0.1, 0.15) is 32.1 Å². The highest BCUT2D eigenvalue weighted by Crippen LogP contribution is 2.30. The molecule has 1 saturated carbocycles. The van der Waals surface area contributed by atoms with Crippen molar-refractivity contribution in [1.29, 1.82) is 0 Å². The Bertz CT molecular complexity index is 455. The number of likely N-dealkylation sites (N-methyl/N-ethyl adjacent to an activating group) is 1. The average Bonchev–Trinajstić information content (AvgIpc) is 2.46. The molecule has 1 aliphatic carbocycles. The van der Waals surface area contributed by atoms with Crippen molar-refractivity contribution in [1.82, 2.24) is 4.90 Å². The van der Waals surface area contributed by atoms with E-state index in [-0.39, 0.29) is 0 Å². The van der Waals surface area contributed by atoms with Gasteiger partial charge in [-0.2, -0.15) is 0 Å². The van der Waals surface area contributed by atoms with E-state index in [1.165, 1.54) is 18.5 Å². The maximum atomic E-state index is 12.4. The predicted octanol–water partition coefficient (Wildman–Crippen LogP) is 2.91. The van der Waals surface area contributed by atoms with E-state index in [1.807, 2.05) is 11.9 Å². The number of hydrogen-bond donors (Lipinski definition) is 0. The molecule has 108 valence electrons. The minimum atomic E-state index is 0.312. The number of carbonyl (C=O) groups excluding carboxylic acids is 1. The van der Waals surface area contributed by atoms with E-state index in [0.29, 0.717) is 17.9 Å². The van der Waals surface area contributed by atoms with Gasteiger partial charge in [0.05, 0.1) is 0 Å². The lowest BCUT2D eigenvalue weighted by Crippen LogP contribution is -2.50. The van der Waals surface area contributed by atoms with Crippen molar-refractivity contribution in [2.75, 3.05) is 25.0 Å². The topological polar surface area (TPSA) is 23.6 Å². The fraction of sp³-hybridized carbons (Fsp3) is 0.588. The van der Waals surface area contributed by atoms with E-state index in [9.17, 15) is 4.79 Å². The number of amides is 1. The molecule has 3 rings (SSSR count). The van der Waals surface area contributed by atoms with Crippen LogP contribution in [0.25, 0.3) is 0 Å². The molecule has 0 spiro atoms. The van der Waals surface area contributed by atoms with Crippen molar-refractivity contribution in [3.05, 3.63) is 30.3 Å². The highest BCUT2D eigenvalue weighted by molar-refractivity contribution is 5.79. The van der Waals surface area contributed by atoms with Gasteiger partial charge in [0.25, 0.3) is 0 Å². The highest BCUT2D eigenvalue weighted by atomic mass is 16.2. The first kappa shape index (κ1) is 13.5. The summed E-state index contributed by atoms with van der Waals surface area (Å²) in [5, 5.41) is 0. The third-order valence-corrected chi connectivity index (χ3v) is 4.87. The van der Waals surface area contributed by atoms with Crippen molar-refractivity contribution in [3.63, 3.8) is 0 Å². The lowest BCUT2D eigenvalue weighted by molar-refractivity contribution is -0.139. The van der Waals surface area contributed by atoms with Crippen molar-refractivity contribution < 1.29 is 4.79 Å². The van der Waals surface area contributed by atoms with Crippen LogP contribution >= 0.6 is 0 Å². The molecular formula is C17H24N2O. The first-order chi connectivity index (χ1) is 9.75. The Morgan fingerprint density at radius 3 is 2.55 bits per heavy atom. The Morgan fingerprint density at radius 2 is 1.90 bits per heavy atom. The van der Waals surface area contributed by atoms with Crippen LogP contribution in [-0.4, -0.2) is 37.0 Å². The third-order valence-electron chi connectivity index (χ3n) is 4.87. The van der Waals surface area contributed by atoms with E-state index in [0.717, 1.165) is 32.4 Å². The summed E-state index contributed by atoms with van der Waals surface area (Å²) >= 11 is 0. The molecule has 0 radical (unpaired) electrons. The number of anilines is 1. The van der Waals surface area contributed by atoms with Gasteiger partial charge in [0.2, 0.25) is 5.91 Å². The van der Waals surface area contributed by atoms with Gasteiger partial charge in [-0.25, -0.2) is 0 Å². The summed E-state index contributed by atoms with van der Waals surface area (Å²) in [6, 6.07) is 10.9. The number of carbonyl (C=O) groups is 1. The van der Waals surface area contributed by atoms with Gasteiger partial charge < -0.3 is 9.80 Å². The Balaban J connectivity index is 1.64. The van der Waals surface area contributed by atoms with Crippen LogP contribution in [0, 0.1) is 5.92 Å². The molecule has 2 aliphatic rings. The Morgan fingerprint density at radius 1 is 1.15 bits per heavy atom. The van der Waals surface area contributed by atoms with Gasteiger partial charge in [-0.1, -0.05) is 24.6 Å². The molecule has 3 nitrogen and oxygen atoms in total. The van der Waals surface area contributed by atoms with Crippen LogP contribution in [0.5, 0.6) is 0 Å². The van der Waals surface area contributed by atoms with Crippen LogP contribution in [0.4, 0.5) is 5.69 Å². The van der Waals surface area contributed by atoms with E-state index in [1.54, 1.807) is 0 Å². The van der Waals surface area contributed by atoms with Crippen LogP contribution in [-0.2, 0) is 4.79 Å². The van der Waals surface area contributed by atoms with E-state index < -0.39 is 0 Å². The Labute approximate surface area is 121 Å². The molecular weight excluding hydrogens is 248 g/mol. The molecule has 0 aromatic heterocycles. The molecule has 20 heavy (non-hydrogen) atoms. The summed E-state index contributed by atoms with van der Waals surface area (Å²) < 4.78 is 0. The number of para-hydroxylation sites is 1. The zero-order valence-electron chi connectivity index (χ0n) is 12.3. The minimum absolute atomic E-state index is 0.312. The number of nitrogens with zero attached hydrogens (tertiary/aromatic N) is 2. The van der Waals surface area contributed by atoms with Crippen molar-refractivity contribution >= 4 is 11.6 Å². The van der Waals surface area contributed by atoms with Gasteiger partial charge in [-0.15, -0.1) is 0 Å². The largest absolute Gasteiger partial charge is 0.369 e. The van der Waals surface area contributed by atoms with Crippen molar-refractivity contribution in [3.8, 4) is 0 Å². The Hall–Kier alpha value is -1.51. The predicted molar refractivity (Wildman–Crippen MR) is 81.8 cm³/mol. The van der Waals surface area contributed by atoms with E-state index in [2.05, 4.69) is 35.2 Å². The normalized spacial score (nSPS) is 23.2. The summed E-state index contributed by atoms with van der Waals surface area (Å²) in [6.45, 7) is 2.07. The van der Waals surface area contributed by atoms with Crippen LogP contribution < -0.4 is 4.90 Å². The van der Waals surface area contributed by atoms with Crippen molar-refractivity contribution in [2.24, 2.45) is 5.92 Å². The van der Waals surface area contributed by atoms with Crippen LogP contribution in [0.2, 0.25) is 0 Å². The second kappa shape index (κ2) is 5.86. The minimum Gasteiger partial charge on any atom is -0.369 e. The van der Waals surface area contributed by atoms with Gasteiger partial charge in [0, 0.05) is 37.8 Å². The number of benzene rings is 1. The molecule has 1 aliphatic heterocycles. The summed E-state index contributed by atoms with van der Waals surface area (Å²) in [4.78, 5) is 16.8. The summed E-state index contributed by atoms with van der Waals surface area (Å²) in [5.74, 6) is 0.684. The monoisotopic (exact) mass is 272 g/mol. The maximum Gasteiger partial charge on any atom is 0.225 e. The first-order valence-electron chi connectivity index (χ1n) is 7.82. The zero-order chi connectivity index (χ0) is 13.9. The van der Waals surface area contributed by atoms with Crippen LogP contribution in [0.3, 0.4) is 0 Å². The number of piperidine rings is 1. The summed E-state index contributed by atoms with van der Waals surface area (Å²) in [5.41, 5.74) is 1.28. The molecule has 0 bridgehead atoms. The second-order valence-corrected chi connectivity index (χ2v) is 6.15. The van der Waals surface area contributed by atoms with Gasteiger partial charge in [0.1, 0.15) is 0 Å². The van der Waals surface area contributed by atoms with E-state index in [4.69, 9.17) is 0 Å². The molecule has 1 aromatic carbocycles. The van der Waals surface area contributed by atoms with Gasteiger partial charge >= 0.3 is 0 Å². The SMILES string of the molecule is CN(C(=O)C1CCC1)C1CCCN(c2ccccc2)C1. The molecule has 1 aromatic rings. The molecule has 1 saturated heterocycles. The maximum absolute atomic E-state index is 12.4. The molecule has 2 fully saturated rings. The smallest absolute Gasteiger partial charge is 0.225 e. The molecule has 1 heterocycles. The average molecular weight is 272 g/mol. The highest BCUT2D eigenvalue weighted by Gasteiger charge is 2.32. The second-order valence-electron chi connectivity index (χ2n) is 6.15. The van der Waals surface area contributed by atoms with Gasteiger partial charge in [0.15, 0.2) is 0 Å². The molecule has 1 amide bonds. The molecule has 1 unspecified atom stereocenters. The lowest BCUT2D eigenvalue weighted by Gasteiger charge is -2.41. The quantitative estimate of drug-likeness (QED) is 0.844. The third kappa shape index (κ3) is 2.67. The van der Waals surface area contributed by atoms with E-state index >= 15 is 0 Å². The first-order valence-corrected chi connectivity index (χ1v) is 7.82. The fourth-order valence-corrected chi connectivity index (χ4v) is 3.27. The number of rotatable bonds is 3. The standard InChI is InChI=1S/C17H24N2O/c1-18(17(20)14-7-5-8-14)16-11-6-12-19(13-16)15-9-3-2-4-10-15/h2-4,9-10,14,16H,5-8,11-13H2,1H3. The fourth-order valence-electron chi connectivity index (χ4n) is 3.27. The summed E-state index contributed by atoms with van der Waals surface area (Å²) in [6.07, 6.45) is 5.72. The lowest BCUT2D eigenvalue weighted by atomic mass is 9.84. The molecule has 1 atom stereocenters. The molecule has 0 N–H and O–H groups in total.